The van der Waals surface area contributed by atoms with Crippen LogP contribution in [0.2, 0.25) is 0 Å². The first-order valence-electron chi connectivity index (χ1n) is 12.3. The molecule has 1 atom stereocenters. The van der Waals surface area contributed by atoms with Gasteiger partial charge in [-0.1, -0.05) is 44.4 Å². The number of phenols is 2. The van der Waals surface area contributed by atoms with E-state index in [0.29, 0.717) is 17.7 Å². The number of thioether (sulfide) groups is 1. The summed E-state index contributed by atoms with van der Waals surface area (Å²) >= 11 is 2.06. The fourth-order valence-corrected chi connectivity index (χ4v) is 4.54. The normalized spacial score (nSPS) is 15.2. The summed E-state index contributed by atoms with van der Waals surface area (Å²) in [7, 11) is 1.86. The molecule has 0 spiro atoms. The molecule has 37 heavy (non-hydrogen) atoms. The Hall–Kier alpha value is -3.16. The minimum atomic E-state index is -0.152. The van der Waals surface area contributed by atoms with Gasteiger partial charge in [-0.25, -0.2) is 4.39 Å². The lowest BCUT2D eigenvalue weighted by Gasteiger charge is -2.17. The standard InChI is InChI=1S/C14H15NO2.C11H14FN.C5H11NS/c1-4-10-8-11(15(3)9(10)2)14-12(16)6-5-7-13(14)17;1-8(2)13-7-10-5-4-9(3)11(12)6-10;1-5-4-6-2-3-7-5/h4-8,16-17H,2H2,1,3H3;4-6,13H,1,7H2,2-3H3;5-6H,2-4H2,1H3/b10-4-;;. The van der Waals surface area contributed by atoms with Crippen molar-refractivity contribution in [1.29, 1.82) is 0 Å². The highest BCUT2D eigenvalue weighted by molar-refractivity contribution is 7.99. The second-order valence-electron chi connectivity index (χ2n) is 9.05. The van der Waals surface area contributed by atoms with Gasteiger partial charge in [0.25, 0.3) is 0 Å². The maximum absolute atomic E-state index is 13.1. The van der Waals surface area contributed by atoms with Crippen LogP contribution in [0.3, 0.4) is 0 Å². The molecular weight excluding hydrogens is 485 g/mol. The molecule has 5 nitrogen and oxygen atoms in total. The second kappa shape index (κ2) is 14.5. The Morgan fingerprint density at radius 3 is 2.38 bits per heavy atom. The lowest BCUT2D eigenvalue weighted by atomic mass is 10.1. The van der Waals surface area contributed by atoms with Gasteiger partial charge in [-0.05, 0) is 61.4 Å². The van der Waals surface area contributed by atoms with Gasteiger partial charge in [-0.15, -0.1) is 0 Å². The minimum Gasteiger partial charge on any atom is -0.507 e. The first-order valence-corrected chi connectivity index (χ1v) is 13.4. The van der Waals surface area contributed by atoms with Gasteiger partial charge in [0, 0.05) is 48.7 Å². The van der Waals surface area contributed by atoms with Crippen LogP contribution in [-0.2, 0) is 13.6 Å². The van der Waals surface area contributed by atoms with Gasteiger partial charge in [0.05, 0.1) is 11.3 Å². The molecule has 1 aliphatic heterocycles. The molecule has 2 aromatic carbocycles. The first kappa shape index (κ1) is 30.1. The van der Waals surface area contributed by atoms with Crippen molar-refractivity contribution < 1.29 is 14.6 Å². The number of rotatable bonds is 4. The van der Waals surface area contributed by atoms with Gasteiger partial charge in [-0.2, -0.15) is 11.8 Å². The highest BCUT2D eigenvalue weighted by Gasteiger charge is 2.13. The number of hydrogen-bond donors (Lipinski definition) is 4. The molecule has 1 saturated heterocycles. The number of aromatic nitrogens is 1. The zero-order chi connectivity index (χ0) is 27.5. The van der Waals surface area contributed by atoms with Crippen LogP contribution < -0.4 is 21.2 Å². The van der Waals surface area contributed by atoms with Crippen LogP contribution in [0.5, 0.6) is 11.5 Å². The molecule has 1 aromatic heterocycles. The third-order valence-electron chi connectivity index (χ3n) is 5.92. The zero-order valence-corrected chi connectivity index (χ0v) is 23.4. The highest BCUT2D eigenvalue weighted by Crippen LogP contribution is 2.35. The van der Waals surface area contributed by atoms with E-state index in [9.17, 15) is 14.6 Å². The van der Waals surface area contributed by atoms with Crippen molar-refractivity contribution in [2.24, 2.45) is 7.05 Å². The molecule has 0 bridgehead atoms. The fraction of sp³-hybridized carbons (Fsp3) is 0.333. The summed E-state index contributed by atoms with van der Waals surface area (Å²) in [6, 6.07) is 11.9. The van der Waals surface area contributed by atoms with E-state index in [2.05, 4.69) is 42.5 Å². The summed E-state index contributed by atoms with van der Waals surface area (Å²) in [6.07, 6.45) is 1.95. The summed E-state index contributed by atoms with van der Waals surface area (Å²) in [5.74, 6) is 1.27. The summed E-state index contributed by atoms with van der Waals surface area (Å²) in [5, 5.41) is 28.7. The summed E-state index contributed by atoms with van der Waals surface area (Å²) in [5.41, 5.74) is 3.69. The Kier molecular flexibility index (Phi) is 11.8. The van der Waals surface area contributed by atoms with Gasteiger partial charge in [-0.3, -0.25) is 0 Å². The average molecular weight is 526 g/mol. The minimum absolute atomic E-state index is 0.0632. The van der Waals surface area contributed by atoms with E-state index in [4.69, 9.17) is 0 Å². The third-order valence-corrected chi connectivity index (χ3v) is 7.10. The van der Waals surface area contributed by atoms with Crippen molar-refractivity contribution in [2.75, 3.05) is 18.8 Å². The monoisotopic (exact) mass is 525 g/mol. The van der Waals surface area contributed by atoms with E-state index >= 15 is 0 Å². The van der Waals surface area contributed by atoms with E-state index < -0.39 is 0 Å². The number of halogens is 1. The average Bonchev–Trinajstić information content (AvgIpc) is 3.14. The summed E-state index contributed by atoms with van der Waals surface area (Å²) in [6.45, 7) is 18.5. The lowest BCUT2D eigenvalue weighted by Crippen LogP contribution is -2.30. The molecule has 200 valence electrons. The van der Waals surface area contributed by atoms with Crippen molar-refractivity contribution in [3.8, 4) is 22.8 Å². The number of phenolic OH excluding ortho intramolecular Hbond substituents is 2. The predicted octanol–water partition coefficient (Wildman–Crippen LogP) is 4.78. The predicted molar refractivity (Wildman–Crippen MR) is 157 cm³/mol. The largest absolute Gasteiger partial charge is 0.507 e. The zero-order valence-electron chi connectivity index (χ0n) is 22.6. The van der Waals surface area contributed by atoms with Crippen molar-refractivity contribution in [2.45, 2.75) is 39.5 Å². The Labute approximate surface area is 224 Å². The first-order chi connectivity index (χ1) is 17.5. The van der Waals surface area contributed by atoms with Crippen molar-refractivity contribution in [1.82, 2.24) is 15.2 Å². The molecule has 4 N–H and O–H groups in total. The van der Waals surface area contributed by atoms with Crippen LogP contribution in [0.4, 0.5) is 4.39 Å². The number of allylic oxidation sites excluding steroid dienone is 1. The van der Waals surface area contributed by atoms with E-state index in [0.717, 1.165) is 32.8 Å². The van der Waals surface area contributed by atoms with Gasteiger partial charge in [0.2, 0.25) is 0 Å². The van der Waals surface area contributed by atoms with Crippen LogP contribution in [0.15, 0.2) is 54.7 Å². The van der Waals surface area contributed by atoms with Gasteiger partial charge in [0.15, 0.2) is 0 Å². The summed E-state index contributed by atoms with van der Waals surface area (Å²) in [4.78, 5) is 0. The molecule has 0 aliphatic carbocycles. The molecule has 1 unspecified atom stereocenters. The molecule has 0 radical (unpaired) electrons. The van der Waals surface area contributed by atoms with Gasteiger partial charge < -0.3 is 25.4 Å². The molecular formula is C30H40FN3O2S. The highest BCUT2D eigenvalue weighted by atomic mass is 32.2. The van der Waals surface area contributed by atoms with Crippen molar-refractivity contribution in [3.63, 3.8) is 0 Å². The molecule has 1 fully saturated rings. The van der Waals surface area contributed by atoms with Crippen LogP contribution in [-0.4, -0.2) is 38.9 Å². The van der Waals surface area contributed by atoms with E-state index in [1.165, 1.54) is 18.8 Å². The number of aromatic hydroxyl groups is 2. The van der Waals surface area contributed by atoms with E-state index in [1.54, 1.807) is 37.3 Å². The van der Waals surface area contributed by atoms with Gasteiger partial charge in [0.1, 0.15) is 17.3 Å². The molecule has 4 rings (SSSR count). The number of aryl methyl sites for hydroxylation is 1. The topological polar surface area (TPSA) is 69.4 Å². The van der Waals surface area contributed by atoms with Gasteiger partial charge >= 0.3 is 0 Å². The fourth-order valence-electron chi connectivity index (χ4n) is 3.64. The molecule has 2 heterocycles. The molecule has 3 aromatic rings. The third kappa shape index (κ3) is 9.02. The lowest BCUT2D eigenvalue weighted by molar-refractivity contribution is 0.453. The number of nitrogens with zero attached hydrogens (tertiary/aromatic N) is 1. The molecule has 0 saturated carbocycles. The van der Waals surface area contributed by atoms with E-state index in [1.807, 2.05) is 43.7 Å². The van der Waals surface area contributed by atoms with Crippen LogP contribution in [0, 0.1) is 12.7 Å². The molecule has 1 aliphatic rings. The van der Waals surface area contributed by atoms with Crippen molar-refractivity contribution in [3.05, 3.63) is 82.3 Å². The Balaban J connectivity index is 0.000000212. The molecule has 7 heteroatoms. The summed E-state index contributed by atoms with van der Waals surface area (Å²) < 4.78 is 14.9. The SMILES string of the molecule is C=C(C)NCc1ccc(C)c(F)c1.C=c1/c(=C\C)cc(-c2c(O)cccc2O)n1C.CC1CNCCS1. The second-order valence-corrected chi connectivity index (χ2v) is 10.6. The van der Waals surface area contributed by atoms with Crippen LogP contribution >= 0.6 is 11.8 Å². The Morgan fingerprint density at radius 2 is 1.92 bits per heavy atom. The van der Waals surface area contributed by atoms with E-state index in [-0.39, 0.29) is 17.3 Å². The Bertz CT molecular complexity index is 1280. The van der Waals surface area contributed by atoms with Crippen LogP contribution in [0.25, 0.3) is 23.9 Å². The maximum Gasteiger partial charge on any atom is 0.128 e. The maximum atomic E-state index is 13.1. The molecule has 0 amide bonds. The number of hydrogen-bond acceptors (Lipinski definition) is 5. The van der Waals surface area contributed by atoms with Crippen LogP contribution in [0.1, 0.15) is 31.9 Å². The van der Waals surface area contributed by atoms with Crippen molar-refractivity contribution >= 4 is 24.4 Å². The number of nitrogens with one attached hydrogen (secondary N) is 2. The quantitative estimate of drug-likeness (QED) is 0.395. The smallest absolute Gasteiger partial charge is 0.128 e. The number of benzene rings is 2. The Morgan fingerprint density at radius 1 is 1.24 bits per heavy atom.